The molecule has 5 nitrogen and oxygen atoms in total. The standard InChI is InChI=1S/C14H14ClFN2O3S/c1-8-6-13(18-21-8)17-14(19)9(2)22(20)7-10-11(15)4-3-5-12(10)16/h3-6,9H,7H2,1-2H3,(H,17,18,19)/t9-,22-/m1/s1. The van der Waals surface area contributed by atoms with Crippen LogP contribution in [0.25, 0.3) is 0 Å². The molecule has 0 spiro atoms. The van der Waals surface area contributed by atoms with Gasteiger partial charge in [-0.15, -0.1) is 0 Å². The summed E-state index contributed by atoms with van der Waals surface area (Å²) in [4.78, 5) is 12.0. The van der Waals surface area contributed by atoms with Crippen LogP contribution in [0.4, 0.5) is 10.2 Å². The van der Waals surface area contributed by atoms with Gasteiger partial charge in [-0.25, -0.2) is 4.39 Å². The molecule has 1 aromatic heterocycles. The molecule has 8 heteroatoms. The van der Waals surface area contributed by atoms with E-state index in [4.69, 9.17) is 16.1 Å². The van der Waals surface area contributed by atoms with Gasteiger partial charge < -0.3 is 9.84 Å². The molecule has 0 saturated heterocycles. The normalized spacial score (nSPS) is 13.6. The summed E-state index contributed by atoms with van der Waals surface area (Å²) in [6, 6.07) is 5.76. The third-order valence-corrected chi connectivity index (χ3v) is 4.92. The van der Waals surface area contributed by atoms with Crippen molar-refractivity contribution in [3.63, 3.8) is 0 Å². The van der Waals surface area contributed by atoms with Crippen LogP contribution in [0.15, 0.2) is 28.8 Å². The summed E-state index contributed by atoms with van der Waals surface area (Å²) in [6.07, 6.45) is 0. The number of benzene rings is 1. The van der Waals surface area contributed by atoms with E-state index in [1.807, 2.05) is 0 Å². The minimum absolute atomic E-state index is 0.138. The van der Waals surface area contributed by atoms with E-state index in [-0.39, 0.29) is 22.2 Å². The first-order chi connectivity index (χ1) is 10.4. The number of hydrogen-bond donors (Lipinski definition) is 1. The number of hydrogen-bond acceptors (Lipinski definition) is 4. The molecule has 2 aromatic rings. The molecular formula is C14H14ClFN2O3S. The molecule has 0 unspecified atom stereocenters. The SMILES string of the molecule is Cc1cc(NC(=O)[C@@H](C)[S@](=O)Cc2c(F)cccc2Cl)no1. The van der Waals surface area contributed by atoms with Gasteiger partial charge in [-0.05, 0) is 26.0 Å². The third kappa shape index (κ3) is 3.92. The van der Waals surface area contributed by atoms with Crippen LogP contribution in [0.1, 0.15) is 18.2 Å². The van der Waals surface area contributed by atoms with Gasteiger partial charge in [0.15, 0.2) is 5.82 Å². The van der Waals surface area contributed by atoms with Gasteiger partial charge in [-0.3, -0.25) is 9.00 Å². The Morgan fingerprint density at radius 1 is 1.55 bits per heavy atom. The van der Waals surface area contributed by atoms with Crippen molar-refractivity contribution in [1.29, 1.82) is 0 Å². The zero-order valence-electron chi connectivity index (χ0n) is 11.9. The highest BCUT2D eigenvalue weighted by Gasteiger charge is 2.23. The van der Waals surface area contributed by atoms with Crippen molar-refractivity contribution in [3.8, 4) is 0 Å². The number of carbonyl (C=O) groups excluding carboxylic acids is 1. The molecule has 0 aliphatic carbocycles. The minimum Gasteiger partial charge on any atom is -0.360 e. The number of carbonyl (C=O) groups is 1. The van der Waals surface area contributed by atoms with Crippen molar-refractivity contribution < 1.29 is 17.9 Å². The fourth-order valence-electron chi connectivity index (χ4n) is 1.71. The van der Waals surface area contributed by atoms with Gasteiger partial charge in [0.1, 0.15) is 16.8 Å². The van der Waals surface area contributed by atoms with E-state index < -0.39 is 27.8 Å². The van der Waals surface area contributed by atoms with Gasteiger partial charge in [0.25, 0.3) is 0 Å². The Hall–Kier alpha value is -1.73. The van der Waals surface area contributed by atoms with E-state index in [0.29, 0.717) is 5.76 Å². The predicted octanol–water partition coefficient (Wildman–Crippen LogP) is 3.05. The van der Waals surface area contributed by atoms with Crippen LogP contribution in [-0.4, -0.2) is 20.5 Å². The molecule has 0 aliphatic rings. The second-order valence-electron chi connectivity index (χ2n) is 4.68. The molecule has 0 radical (unpaired) electrons. The zero-order valence-corrected chi connectivity index (χ0v) is 13.5. The first-order valence-electron chi connectivity index (χ1n) is 6.42. The molecule has 0 fully saturated rings. The summed E-state index contributed by atoms with van der Waals surface area (Å²) in [5, 5.41) is 5.45. The number of halogens is 2. The fraction of sp³-hybridized carbons (Fsp3) is 0.286. The molecule has 1 aromatic carbocycles. The van der Waals surface area contributed by atoms with Crippen LogP contribution in [0, 0.1) is 12.7 Å². The van der Waals surface area contributed by atoms with E-state index in [0.717, 1.165) is 0 Å². The topological polar surface area (TPSA) is 72.2 Å². The molecule has 0 aliphatic heterocycles. The number of anilines is 1. The molecular weight excluding hydrogens is 331 g/mol. The Balaban J connectivity index is 2.04. The number of aromatic nitrogens is 1. The first-order valence-corrected chi connectivity index (χ1v) is 8.18. The Kier molecular flexibility index (Phi) is 5.31. The lowest BCUT2D eigenvalue weighted by molar-refractivity contribution is -0.115. The largest absolute Gasteiger partial charge is 0.360 e. The van der Waals surface area contributed by atoms with E-state index in [9.17, 15) is 13.4 Å². The number of nitrogens with zero attached hydrogens (tertiary/aromatic N) is 1. The lowest BCUT2D eigenvalue weighted by Gasteiger charge is -2.12. The molecule has 1 heterocycles. The van der Waals surface area contributed by atoms with Crippen LogP contribution in [-0.2, 0) is 21.3 Å². The average molecular weight is 345 g/mol. The summed E-state index contributed by atoms with van der Waals surface area (Å²) >= 11 is 5.89. The van der Waals surface area contributed by atoms with Gasteiger partial charge in [0.2, 0.25) is 5.91 Å². The molecule has 2 atom stereocenters. The van der Waals surface area contributed by atoms with Crippen LogP contribution in [0.2, 0.25) is 5.02 Å². The van der Waals surface area contributed by atoms with E-state index in [1.54, 1.807) is 13.0 Å². The quantitative estimate of drug-likeness (QED) is 0.904. The summed E-state index contributed by atoms with van der Waals surface area (Å²) in [5.41, 5.74) is 0.138. The highest BCUT2D eigenvalue weighted by Crippen LogP contribution is 2.21. The summed E-state index contributed by atoms with van der Waals surface area (Å²) in [6.45, 7) is 3.18. The van der Waals surface area contributed by atoms with Crippen molar-refractivity contribution in [1.82, 2.24) is 5.16 Å². The van der Waals surface area contributed by atoms with Gasteiger partial charge >= 0.3 is 0 Å². The van der Waals surface area contributed by atoms with Gasteiger partial charge in [0, 0.05) is 27.5 Å². The fourth-order valence-corrected chi connectivity index (χ4v) is 3.14. The molecule has 0 bridgehead atoms. The highest BCUT2D eigenvalue weighted by molar-refractivity contribution is 7.85. The lowest BCUT2D eigenvalue weighted by atomic mass is 10.2. The average Bonchev–Trinajstić information content (AvgIpc) is 2.87. The minimum atomic E-state index is -1.63. The monoisotopic (exact) mass is 344 g/mol. The van der Waals surface area contributed by atoms with E-state index >= 15 is 0 Å². The summed E-state index contributed by atoms with van der Waals surface area (Å²) in [7, 11) is -1.63. The molecule has 118 valence electrons. The van der Waals surface area contributed by atoms with Gasteiger partial charge in [0.05, 0.1) is 5.75 Å². The predicted molar refractivity (Wildman–Crippen MR) is 82.6 cm³/mol. The first kappa shape index (κ1) is 16.6. The molecule has 0 saturated carbocycles. The van der Waals surface area contributed by atoms with Crippen molar-refractivity contribution in [2.24, 2.45) is 0 Å². The second-order valence-corrected chi connectivity index (χ2v) is 6.84. The number of aryl methyl sites for hydroxylation is 1. The van der Waals surface area contributed by atoms with E-state index in [2.05, 4.69) is 10.5 Å². The molecule has 22 heavy (non-hydrogen) atoms. The van der Waals surface area contributed by atoms with Gasteiger partial charge in [-0.1, -0.05) is 22.8 Å². The van der Waals surface area contributed by atoms with Gasteiger partial charge in [-0.2, -0.15) is 0 Å². The highest BCUT2D eigenvalue weighted by atomic mass is 35.5. The van der Waals surface area contributed by atoms with Crippen molar-refractivity contribution in [2.45, 2.75) is 24.9 Å². The summed E-state index contributed by atoms with van der Waals surface area (Å²) in [5.74, 6) is -0.380. The van der Waals surface area contributed by atoms with E-state index in [1.165, 1.54) is 25.1 Å². The number of amides is 1. The van der Waals surface area contributed by atoms with Crippen molar-refractivity contribution >= 4 is 34.1 Å². The van der Waals surface area contributed by atoms with Crippen LogP contribution >= 0.6 is 11.6 Å². The van der Waals surface area contributed by atoms with Crippen molar-refractivity contribution in [3.05, 3.63) is 46.4 Å². The Bertz CT molecular complexity index is 700. The number of rotatable bonds is 5. The second kappa shape index (κ2) is 7.02. The number of nitrogens with one attached hydrogen (secondary N) is 1. The third-order valence-electron chi connectivity index (χ3n) is 2.99. The molecule has 2 rings (SSSR count). The smallest absolute Gasteiger partial charge is 0.241 e. The maximum Gasteiger partial charge on any atom is 0.241 e. The molecule has 1 N–H and O–H groups in total. The Labute approximate surface area is 134 Å². The Morgan fingerprint density at radius 2 is 2.27 bits per heavy atom. The Morgan fingerprint density at radius 3 is 2.86 bits per heavy atom. The van der Waals surface area contributed by atoms with Crippen LogP contribution < -0.4 is 5.32 Å². The summed E-state index contributed by atoms with van der Waals surface area (Å²) < 4.78 is 30.7. The lowest BCUT2D eigenvalue weighted by Crippen LogP contribution is -2.30. The maximum atomic E-state index is 13.7. The van der Waals surface area contributed by atoms with Crippen LogP contribution in [0.3, 0.4) is 0 Å². The zero-order chi connectivity index (χ0) is 16.3. The molecule has 1 amide bonds. The maximum absolute atomic E-state index is 13.7. The van der Waals surface area contributed by atoms with Crippen molar-refractivity contribution in [2.75, 3.05) is 5.32 Å². The van der Waals surface area contributed by atoms with Crippen LogP contribution in [0.5, 0.6) is 0 Å².